The van der Waals surface area contributed by atoms with Crippen LogP contribution in [0.2, 0.25) is 0 Å². The Morgan fingerprint density at radius 1 is 1.18 bits per heavy atom. The van der Waals surface area contributed by atoms with E-state index in [0.717, 1.165) is 17.6 Å². The first kappa shape index (κ1) is 26.9. The number of carbonyl (C=O) groups excluding carboxylic acids is 1. The Kier molecular flexibility index (Phi) is 7.14. The van der Waals surface area contributed by atoms with Gasteiger partial charge in [-0.3, -0.25) is 19.5 Å². The molecule has 1 aliphatic carbocycles. The molecule has 4 atom stereocenters. The molecule has 40 heavy (non-hydrogen) atoms. The van der Waals surface area contributed by atoms with E-state index in [1.54, 1.807) is 18.6 Å². The number of quaternary nitrogens is 1. The maximum absolute atomic E-state index is 13.5. The molecule has 212 valence electrons. The normalized spacial score (nSPS) is 24.6. The molecular formula is C25H31N8O5S2+. The number of rotatable bonds is 11. The van der Waals surface area contributed by atoms with Crippen molar-refractivity contribution in [3.63, 3.8) is 0 Å². The van der Waals surface area contributed by atoms with E-state index in [-0.39, 0.29) is 22.8 Å². The van der Waals surface area contributed by atoms with Crippen molar-refractivity contribution in [1.82, 2.24) is 30.2 Å². The summed E-state index contributed by atoms with van der Waals surface area (Å²) in [7, 11) is -3.51. The van der Waals surface area contributed by atoms with Gasteiger partial charge in [0.2, 0.25) is 15.9 Å². The Morgan fingerprint density at radius 2 is 2.00 bits per heavy atom. The van der Waals surface area contributed by atoms with E-state index < -0.39 is 21.3 Å². The number of fused-ring (bicyclic) bond motifs is 1. The average molecular weight is 588 g/mol. The fourth-order valence-corrected chi connectivity index (χ4v) is 7.22. The number of sulfonamides is 1. The van der Waals surface area contributed by atoms with Crippen LogP contribution in [0.4, 0.5) is 5.82 Å². The van der Waals surface area contributed by atoms with Crippen molar-refractivity contribution in [2.24, 2.45) is 0 Å². The molecule has 0 radical (unpaired) electrons. The Labute approximate surface area is 236 Å². The lowest BCUT2D eigenvalue weighted by Crippen LogP contribution is -2.48. The summed E-state index contributed by atoms with van der Waals surface area (Å²) >= 11 is 1.20. The monoisotopic (exact) mass is 587 g/mol. The third kappa shape index (κ3) is 5.77. The fourth-order valence-electron chi connectivity index (χ4n) is 5.13. The predicted octanol–water partition coefficient (Wildman–Crippen LogP) is 1.78. The van der Waals surface area contributed by atoms with Crippen LogP contribution in [0.25, 0.3) is 10.6 Å². The van der Waals surface area contributed by atoms with E-state index >= 15 is 0 Å². The number of hydrogen-bond acceptors (Lipinski definition) is 11. The highest BCUT2D eigenvalue weighted by Gasteiger charge is 2.59. The Balaban J connectivity index is 1.24. The molecule has 2 aliphatic heterocycles. The average Bonchev–Trinajstić information content (AvgIpc) is 3.84. The van der Waals surface area contributed by atoms with Crippen LogP contribution < -0.4 is 14.8 Å². The molecule has 13 nitrogen and oxygen atoms in total. The zero-order valence-corrected chi connectivity index (χ0v) is 23.8. The minimum Gasteiger partial charge on any atom is -0.477 e. The summed E-state index contributed by atoms with van der Waals surface area (Å²) in [5.41, 5.74) is 1.04. The van der Waals surface area contributed by atoms with Crippen molar-refractivity contribution in [3.05, 3.63) is 41.7 Å². The lowest BCUT2D eigenvalue weighted by molar-refractivity contribution is -0.827. The van der Waals surface area contributed by atoms with Gasteiger partial charge in [-0.25, -0.2) is 23.4 Å². The van der Waals surface area contributed by atoms with Crippen LogP contribution in [-0.2, 0) is 14.8 Å². The maximum atomic E-state index is 13.5. The number of aromatic nitrogens is 5. The molecule has 2 N–H and O–H groups in total. The molecule has 6 rings (SSSR count). The first-order valence-electron chi connectivity index (χ1n) is 13.3. The summed E-state index contributed by atoms with van der Waals surface area (Å²) in [6.45, 7) is 7.42. The molecule has 3 aromatic rings. The van der Waals surface area contributed by atoms with Gasteiger partial charge in [-0.1, -0.05) is 0 Å². The van der Waals surface area contributed by atoms with E-state index in [1.165, 1.54) is 23.7 Å². The molecule has 3 aromatic heterocycles. The summed E-state index contributed by atoms with van der Waals surface area (Å²) in [5.74, 6) is 0.182. The van der Waals surface area contributed by atoms with Gasteiger partial charge < -0.3 is 19.3 Å². The van der Waals surface area contributed by atoms with E-state index in [4.69, 9.17) is 9.47 Å². The van der Waals surface area contributed by atoms with Gasteiger partial charge in [0.1, 0.15) is 44.1 Å². The molecule has 0 bridgehead atoms. The third-order valence-electron chi connectivity index (χ3n) is 7.34. The molecule has 0 spiro atoms. The molecule has 1 unspecified atom stereocenters. The lowest BCUT2D eigenvalue weighted by Gasteiger charge is -2.31. The Hall–Kier alpha value is -3.27. The summed E-state index contributed by atoms with van der Waals surface area (Å²) < 4.78 is 39.6. The minimum absolute atomic E-state index is 0.105. The molecule has 1 saturated carbocycles. The van der Waals surface area contributed by atoms with Gasteiger partial charge in [0.05, 0.1) is 47.2 Å². The quantitative estimate of drug-likeness (QED) is 0.250. The van der Waals surface area contributed by atoms with Crippen LogP contribution in [0.3, 0.4) is 0 Å². The molecule has 3 fully saturated rings. The Morgan fingerprint density at radius 3 is 2.80 bits per heavy atom. The maximum Gasteiger partial charge on any atom is 0.281 e. The zero-order chi connectivity index (χ0) is 27.9. The van der Waals surface area contributed by atoms with E-state index in [2.05, 4.69) is 41.9 Å². The van der Waals surface area contributed by atoms with E-state index in [9.17, 15) is 13.2 Å². The molecule has 5 heterocycles. The first-order valence-corrected chi connectivity index (χ1v) is 15.6. The van der Waals surface area contributed by atoms with Crippen LogP contribution in [0.15, 0.2) is 31.0 Å². The van der Waals surface area contributed by atoms with Gasteiger partial charge in [0.15, 0.2) is 16.9 Å². The number of thiazole rings is 1. The molecule has 1 amide bonds. The van der Waals surface area contributed by atoms with Crippen LogP contribution in [0.1, 0.15) is 48.2 Å². The number of carbonyl (C=O) groups is 1. The second kappa shape index (κ2) is 10.6. The van der Waals surface area contributed by atoms with Crippen molar-refractivity contribution < 1.29 is 27.2 Å². The second-order valence-electron chi connectivity index (χ2n) is 10.5. The summed E-state index contributed by atoms with van der Waals surface area (Å²) in [6, 6.07) is -0.156. The molecule has 3 aliphatic rings. The Bertz CT molecular complexity index is 1510. The number of anilines is 1. The largest absolute Gasteiger partial charge is 0.477 e. The standard InChI is InChI=1S/C25H30N8O5S2/c1-3-37-23-10-27-7-19(30-23)21-8-28-25(39-21)24(34)31-20(13-33-11-15(2)38-14-16(33)12-33)18-6-26-9-22(29-18)32-40(35,36)17-4-5-17/h6-10,15-17,20H,3-5,11-14H2,1-2H3,(H-,29,31,32,34)/p+1/t15-,16-,20+,33?/m1/s1. The van der Waals surface area contributed by atoms with Crippen molar-refractivity contribution in [3.8, 4) is 16.5 Å². The lowest BCUT2D eigenvalue weighted by atomic mass is 10.1. The first-order chi connectivity index (χ1) is 19.2. The van der Waals surface area contributed by atoms with Crippen LogP contribution >= 0.6 is 11.3 Å². The van der Waals surface area contributed by atoms with Crippen LogP contribution in [-0.4, -0.2) is 94.0 Å². The van der Waals surface area contributed by atoms with Crippen LogP contribution in [0.5, 0.6) is 5.88 Å². The molecule has 0 aromatic carbocycles. The fraction of sp³-hybridized carbons (Fsp3) is 0.520. The number of ether oxygens (including phenoxy) is 2. The van der Waals surface area contributed by atoms with E-state index in [0.29, 0.717) is 60.8 Å². The minimum atomic E-state index is -3.51. The molecule has 15 heteroatoms. The topological polar surface area (TPSA) is 158 Å². The number of hydrogen-bond donors (Lipinski definition) is 2. The van der Waals surface area contributed by atoms with Gasteiger partial charge in [-0.2, -0.15) is 0 Å². The second-order valence-corrected chi connectivity index (χ2v) is 13.5. The number of amides is 1. The predicted molar refractivity (Wildman–Crippen MR) is 146 cm³/mol. The number of nitrogens with one attached hydrogen (secondary N) is 2. The SMILES string of the molecule is CCOc1cncc(-c2cnc(C(=O)N[C@@H](C[N+]34C[C@@H]3CO[C@H](C)C4)c3cncc(NS(=O)(=O)C4CC4)n3)s2)n1. The zero-order valence-electron chi connectivity index (χ0n) is 22.2. The van der Waals surface area contributed by atoms with Crippen LogP contribution in [0, 0.1) is 0 Å². The van der Waals surface area contributed by atoms with E-state index in [1.807, 2.05) is 6.92 Å². The summed E-state index contributed by atoms with van der Waals surface area (Å²) in [5, 5.41) is 2.97. The van der Waals surface area contributed by atoms with Crippen molar-refractivity contribution in [2.45, 2.75) is 50.1 Å². The van der Waals surface area contributed by atoms with Crippen molar-refractivity contribution >= 4 is 33.1 Å². The highest BCUT2D eigenvalue weighted by atomic mass is 32.2. The summed E-state index contributed by atoms with van der Waals surface area (Å²) in [6.07, 6.45) is 9.06. The highest BCUT2D eigenvalue weighted by molar-refractivity contribution is 7.93. The molecule has 2 saturated heterocycles. The number of nitrogens with zero attached hydrogens (tertiary/aromatic N) is 6. The number of morpholine rings is 1. The van der Waals surface area contributed by atoms with Gasteiger partial charge in [-0.05, 0) is 26.7 Å². The molecular weight excluding hydrogens is 556 g/mol. The van der Waals surface area contributed by atoms with Gasteiger partial charge >= 0.3 is 0 Å². The van der Waals surface area contributed by atoms with Gasteiger partial charge in [-0.15, -0.1) is 11.3 Å². The summed E-state index contributed by atoms with van der Waals surface area (Å²) in [4.78, 5) is 35.9. The van der Waals surface area contributed by atoms with Gasteiger partial charge in [0.25, 0.3) is 5.91 Å². The smallest absolute Gasteiger partial charge is 0.281 e. The van der Waals surface area contributed by atoms with Gasteiger partial charge in [0, 0.05) is 6.20 Å². The van der Waals surface area contributed by atoms with Crippen molar-refractivity contribution in [2.75, 3.05) is 37.6 Å². The van der Waals surface area contributed by atoms with Crippen molar-refractivity contribution in [1.29, 1.82) is 0 Å². The highest BCUT2D eigenvalue weighted by Crippen LogP contribution is 2.38. The third-order valence-corrected chi connectivity index (χ3v) is 10.2.